The van der Waals surface area contributed by atoms with E-state index in [0.717, 1.165) is 45.4 Å². The van der Waals surface area contributed by atoms with Crippen molar-refractivity contribution in [2.24, 2.45) is 0 Å². The average Bonchev–Trinajstić information content (AvgIpc) is 2.77. The van der Waals surface area contributed by atoms with Crippen LogP contribution in [0.2, 0.25) is 0 Å². The van der Waals surface area contributed by atoms with Crippen LogP contribution in [-0.4, -0.2) is 66.9 Å². The van der Waals surface area contributed by atoms with Crippen LogP contribution in [0.25, 0.3) is 0 Å². The summed E-state index contributed by atoms with van der Waals surface area (Å²) < 4.78 is 13.6. The summed E-state index contributed by atoms with van der Waals surface area (Å²) in [5, 5.41) is 5.65. The summed E-state index contributed by atoms with van der Waals surface area (Å²) in [5.41, 5.74) is -0.200. The van der Waals surface area contributed by atoms with Gasteiger partial charge in [-0.15, -0.1) is 0 Å². The van der Waals surface area contributed by atoms with Crippen molar-refractivity contribution in [1.29, 1.82) is 0 Å². The molecule has 0 saturated carbocycles. The number of anilines is 1. The van der Waals surface area contributed by atoms with Gasteiger partial charge in [-0.3, -0.25) is 14.5 Å². The van der Waals surface area contributed by atoms with Crippen molar-refractivity contribution in [3.63, 3.8) is 0 Å². The van der Waals surface area contributed by atoms with Crippen LogP contribution in [-0.2, 0) is 9.59 Å². The molecular formula is C19H27FN4O2. The summed E-state index contributed by atoms with van der Waals surface area (Å²) in [4.78, 5) is 29.0. The number of likely N-dealkylation sites (tertiary alicyclic amines) is 1. The molecule has 6 nitrogen and oxygen atoms in total. The number of hydrogen-bond donors (Lipinski definition) is 2. The van der Waals surface area contributed by atoms with Gasteiger partial charge in [-0.05, 0) is 38.4 Å². The third-order valence-electron chi connectivity index (χ3n) is 5.60. The number of nitrogens with one attached hydrogen (secondary N) is 2. The number of likely N-dealkylation sites (N-methyl/N-ethyl adjacent to an activating group) is 1. The summed E-state index contributed by atoms with van der Waals surface area (Å²) in [5.74, 6) is -0.489. The molecule has 2 heterocycles. The van der Waals surface area contributed by atoms with Gasteiger partial charge in [0.2, 0.25) is 11.8 Å². The van der Waals surface area contributed by atoms with Gasteiger partial charge in [-0.2, -0.15) is 0 Å². The van der Waals surface area contributed by atoms with Gasteiger partial charge in [0.25, 0.3) is 0 Å². The highest BCUT2D eigenvalue weighted by atomic mass is 19.1. The van der Waals surface area contributed by atoms with Crippen molar-refractivity contribution in [3.05, 3.63) is 30.1 Å². The molecule has 0 unspecified atom stereocenters. The number of piperidine rings is 1. The quantitative estimate of drug-likeness (QED) is 0.851. The smallest absolute Gasteiger partial charge is 0.240 e. The number of rotatable bonds is 4. The fourth-order valence-electron chi connectivity index (χ4n) is 3.86. The van der Waals surface area contributed by atoms with Gasteiger partial charge < -0.3 is 15.5 Å². The Balaban J connectivity index is 1.49. The van der Waals surface area contributed by atoms with E-state index in [0.29, 0.717) is 13.0 Å². The van der Waals surface area contributed by atoms with Crippen LogP contribution in [0.3, 0.4) is 0 Å². The molecule has 7 heteroatoms. The van der Waals surface area contributed by atoms with Crippen molar-refractivity contribution in [2.45, 2.75) is 31.2 Å². The molecule has 2 N–H and O–H groups in total. The van der Waals surface area contributed by atoms with Gasteiger partial charge in [0.1, 0.15) is 11.4 Å². The fourth-order valence-corrected chi connectivity index (χ4v) is 3.86. The Hall–Kier alpha value is -1.99. The Labute approximate surface area is 153 Å². The molecule has 0 atom stereocenters. The lowest BCUT2D eigenvalue weighted by Gasteiger charge is -2.45. The van der Waals surface area contributed by atoms with Gasteiger partial charge in [-0.1, -0.05) is 12.1 Å². The molecule has 142 valence electrons. The van der Waals surface area contributed by atoms with Crippen molar-refractivity contribution in [2.75, 3.05) is 45.1 Å². The zero-order valence-corrected chi connectivity index (χ0v) is 15.3. The Morgan fingerprint density at radius 3 is 2.73 bits per heavy atom. The minimum absolute atomic E-state index is 0.134. The number of carbonyl (C=O) groups excluding carboxylic acids is 2. The summed E-state index contributed by atoms with van der Waals surface area (Å²) in [6.45, 7) is 3.84. The maximum absolute atomic E-state index is 13.6. The Kier molecular flexibility index (Phi) is 5.88. The molecule has 1 spiro atoms. The molecule has 1 aromatic rings. The van der Waals surface area contributed by atoms with E-state index in [1.165, 1.54) is 6.07 Å². The molecule has 1 aromatic carbocycles. The van der Waals surface area contributed by atoms with Crippen molar-refractivity contribution in [1.82, 2.24) is 15.1 Å². The van der Waals surface area contributed by atoms with Gasteiger partial charge in [0, 0.05) is 39.1 Å². The lowest BCUT2D eigenvalue weighted by Crippen LogP contribution is -2.60. The van der Waals surface area contributed by atoms with E-state index < -0.39 is 11.4 Å². The monoisotopic (exact) mass is 362 g/mol. The summed E-state index contributed by atoms with van der Waals surface area (Å²) in [6, 6.07) is 6.17. The molecule has 2 aliphatic heterocycles. The predicted molar refractivity (Wildman–Crippen MR) is 98.3 cm³/mol. The zero-order valence-electron chi connectivity index (χ0n) is 15.3. The molecule has 2 fully saturated rings. The van der Waals surface area contributed by atoms with Crippen LogP contribution in [0, 0.1) is 5.82 Å². The lowest BCUT2D eigenvalue weighted by molar-refractivity contribution is -0.135. The second kappa shape index (κ2) is 8.14. The highest BCUT2D eigenvalue weighted by Crippen LogP contribution is 2.30. The largest absolute Gasteiger partial charge is 0.354 e. The number of hydrogen-bond acceptors (Lipinski definition) is 4. The van der Waals surface area contributed by atoms with Crippen LogP contribution < -0.4 is 10.6 Å². The van der Waals surface area contributed by atoms with Crippen molar-refractivity contribution in [3.8, 4) is 0 Å². The second-order valence-corrected chi connectivity index (χ2v) is 7.18. The number of nitrogens with zero attached hydrogens (tertiary/aromatic N) is 2. The second-order valence-electron chi connectivity index (χ2n) is 7.18. The fraction of sp³-hybridized carbons (Fsp3) is 0.579. The number of halogens is 1. The van der Waals surface area contributed by atoms with Gasteiger partial charge in [0.05, 0.1) is 5.69 Å². The van der Waals surface area contributed by atoms with Gasteiger partial charge in [-0.25, -0.2) is 4.39 Å². The van der Waals surface area contributed by atoms with Crippen LogP contribution in [0.4, 0.5) is 10.1 Å². The first kappa shape index (κ1) is 18.8. The van der Waals surface area contributed by atoms with Crippen LogP contribution in [0.5, 0.6) is 0 Å². The summed E-state index contributed by atoms with van der Waals surface area (Å²) >= 11 is 0. The standard InChI is InChI=1S/C19H27FN4O2/c1-23-11-4-10-21-18(26)19(23)8-13-24(14-9-19)12-7-17(25)22-16-6-3-2-5-15(16)20/h2-3,5-6H,4,7-14H2,1H3,(H,21,26)(H,22,25). The highest BCUT2D eigenvalue weighted by molar-refractivity contribution is 5.91. The number of para-hydroxylation sites is 1. The van der Waals surface area contributed by atoms with E-state index in [2.05, 4.69) is 20.4 Å². The van der Waals surface area contributed by atoms with E-state index in [4.69, 9.17) is 0 Å². The first-order chi connectivity index (χ1) is 12.5. The SMILES string of the molecule is CN1CCCNC(=O)C12CCN(CCC(=O)Nc1ccccc1F)CC2. The summed E-state index contributed by atoms with van der Waals surface area (Å²) in [6.07, 6.45) is 2.82. The van der Waals surface area contributed by atoms with E-state index >= 15 is 0 Å². The highest BCUT2D eigenvalue weighted by Gasteiger charge is 2.45. The maximum atomic E-state index is 13.6. The molecule has 2 aliphatic rings. The number of benzene rings is 1. The Morgan fingerprint density at radius 2 is 2.00 bits per heavy atom. The molecule has 0 aromatic heterocycles. The number of carbonyl (C=O) groups is 2. The molecule has 2 amide bonds. The summed E-state index contributed by atoms with van der Waals surface area (Å²) in [7, 11) is 2.03. The van der Waals surface area contributed by atoms with E-state index in [1.807, 2.05) is 7.05 Å². The predicted octanol–water partition coefficient (Wildman–Crippen LogP) is 1.44. The van der Waals surface area contributed by atoms with Gasteiger partial charge in [0.15, 0.2) is 0 Å². The van der Waals surface area contributed by atoms with Crippen molar-refractivity contribution < 1.29 is 14.0 Å². The zero-order chi connectivity index (χ0) is 18.6. The van der Waals surface area contributed by atoms with Crippen LogP contribution in [0.15, 0.2) is 24.3 Å². The van der Waals surface area contributed by atoms with E-state index in [1.54, 1.807) is 18.2 Å². The Morgan fingerprint density at radius 1 is 1.27 bits per heavy atom. The van der Waals surface area contributed by atoms with Gasteiger partial charge >= 0.3 is 0 Å². The minimum atomic E-state index is -0.428. The molecule has 3 rings (SSSR count). The Bertz CT molecular complexity index is 659. The third-order valence-corrected chi connectivity index (χ3v) is 5.60. The first-order valence-electron chi connectivity index (χ1n) is 9.27. The maximum Gasteiger partial charge on any atom is 0.240 e. The molecule has 0 bridgehead atoms. The molecule has 2 saturated heterocycles. The van der Waals surface area contributed by atoms with E-state index in [-0.39, 0.29) is 17.5 Å². The molecule has 26 heavy (non-hydrogen) atoms. The average molecular weight is 362 g/mol. The van der Waals surface area contributed by atoms with Crippen LogP contribution in [0.1, 0.15) is 25.7 Å². The molecule has 0 radical (unpaired) electrons. The van der Waals surface area contributed by atoms with Crippen LogP contribution >= 0.6 is 0 Å². The molecular weight excluding hydrogens is 335 g/mol. The topological polar surface area (TPSA) is 64.7 Å². The normalized spacial score (nSPS) is 21.2. The minimum Gasteiger partial charge on any atom is -0.354 e. The molecule has 0 aliphatic carbocycles. The van der Waals surface area contributed by atoms with Crippen molar-refractivity contribution >= 4 is 17.5 Å². The lowest BCUT2D eigenvalue weighted by atomic mass is 9.85. The first-order valence-corrected chi connectivity index (χ1v) is 9.27. The number of amides is 2. The third kappa shape index (κ3) is 4.04. The van der Waals surface area contributed by atoms with E-state index in [9.17, 15) is 14.0 Å².